The first-order valence-corrected chi connectivity index (χ1v) is 14.3. The van der Waals surface area contributed by atoms with Crippen molar-refractivity contribution in [3.05, 3.63) is 102 Å². The van der Waals surface area contributed by atoms with E-state index < -0.39 is 36.0 Å². The molecule has 0 saturated carbocycles. The molecule has 0 aliphatic heterocycles. The number of nitrogens with two attached hydrogens (primary N) is 3. The van der Waals surface area contributed by atoms with E-state index in [2.05, 4.69) is 15.0 Å². The maximum absolute atomic E-state index is 10.6. The second-order valence-corrected chi connectivity index (χ2v) is 10.7. The van der Waals surface area contributed by atoms with E-state index in [0.717, 1.165) is 49.4 Å². The van der Waals surface area contributed by atoms with Gasteiger partial charge in [-0.1, -0.05) is 36.4 Å². The summed E-state index contributed by atoms with van der Waals surface area (Å²) in [6, 6.07) is 17.8. The summed E-state index contributed by atoms with van der Waals surface area (Å²) >= 11 is 0. The minimum Gasteiger partial charge on any atom is -0.508 e. The number of aromatic nitrogens is 3. The van der Waals surface area contributed by atoms with Crippen LogP contribution in [0.2, 0.25) is 0 Å². The number of nitrogens with one attached hydrogen (secondary N) is 3. The van der Waals surface area contributed by atoms with Gasteiger partial charge in [0, 0.05) is 70.6 Å². The Balaban J connectivity index is 0.000000157. The summed E-state index contributed by atoms with van der Waals surface area (Å²) in [4.78, 5) is 41.1. The quantitative estimate of drug-likeness (QED) is 0.112. The van der Waals surface area contributed by atoms with Gasteiger partial charge in [0.1, 0.15) is 23.9 Å². The van der Waals surface area contributed by atoms with Crippen LogP contribution in [-0.2, 0) is 33.6 Å². The molecular formula is C33H36N6O7. The number of carboxylic acid groups (broad SMARTS) is 3. The van der Waals surface area contributed by atoms with Crippen molar-refractivity contribution in [1.82, 2.24) is 15.0 Å². The second-order valence-electron chi connectivity index (χ2n) is 10.7. The van der Waals surface area contributed by atoms with Crippen LogP contribution < -0.4 is 17.2 Å². The molecule has 46 heavy (non-hydrogen) atoms. The summed E-state index contributed by atoms with van der Waals surface area (Å²) in [6.07, 6.45) is 6.27. The predicted molar refractivity (Wildman–Crippen MR) is 175 cm³/mol. The number of aromatic amines is 3. The zero-order valence-electron chi connectivity index (χ0n) is 24.7. The molecule has 1 unspecified atom stereocenters. The number of para-hydroxylation sites is 2. The zero-order chi connectivity index (χ0) is 33.4. The highest BCUT2D eigenvalue weighted by atomic mass is 16.4. The Morgan fingerprint density at radius 1 is 0.543 bits per heavy atom. The number of phenolic OH excluding ortho intramolecular Hbond substituents is 1. The molecule has 0 amide bonds. The number of H-pyrrole nitrogens is 3. The van der Waals surface area contributed by atoms with Gasteiger partial charge < -0.3 is 52.6 Å². The summed E-state index contributed by atoms with van der Waals surface area (Å²) in [7, 11) is 0. The lowest BCUT2D eigenvalue weighted by Gasteiger charge is -2.04. The third kappa shape index (κ3) is 8.30. The van der Waals surface area contributed by atoms with Gasteiger partial charge in [-0.15, -0.1) is 0 Å². The number of phenols is 1. The zero-order valence-corrected chi connectivity index (χ0v) is 24.7. The molecule has 3 heterocycles. The molecule has 3 aromatic heterocycles. The van der Waals surface area contributed by atoms with Crippen molar-refractivity contribution in [3.63, 3.8) is 0 Å². The molecule has 13 nitrogen and oxygen atoms in total. The highest BCUT2D eigenvalue weighted by Crippen LogP contribution is 2.24. The fraction of sp³-hybridized carbons (Fsp3) is 0.182. The summed E-state index contributed by atoms with van der Waals surface area (Å²) in [6.45, 7) is 0. The van der Waals surface area contributed by atoms with E-state index in [4.69, 9.17) is 32.5 Å². The van der Waals surface area contributed by atoms with E-state index in [1.165, 1.54) is 0 Å². The molecule has 0 fully saturated rings. The first kappa shape index (κ1) is 33.3. The first-order chi connectivity index (χ1) is 21.9. The topological polar surface area (TPSA) is 258 Å². The molecule has 13 heteroatoms. The Morgan fingerprint density at radius 3 is 1.28 bits per heavy atom. The Kier molecular flexibility index (Phi) is 10.8. The van der Waals surface area contributed by atoms with Crippen LogP contribution in [0, 0.1) is 0 Å². The van der Waals surface area contributed by atoms with Crippen LogP contribution in [0.4, 0.5) is 0 Å². The summed E-state index contributed by atoms with van der Waals surface area (Å²) < 4.78 is 0. The molecule has 0 saturated heterocycles. The molecule has 0 aliphatic carbocycles. The van der Waals surface area contributed by atoms with Gasteiger partial charge in [0.25, 0.3) is 0 Å². The third-order valence-corrected chi connectivity index (χ3v) is 7.37. The van der Waals surface area contributed by atoms with Crippen molar-refractivity contribution in [3.8, 4) is 5.75 Å². The lowest BCUT2D eigenvalue weighted by atomic mass is 10.1. The molecule has 0 bridgehead atoms. The van der Waals surface area contributed by atoms with Gasteiger partial charge in [-0.05, 0) is 47.0 Å². The van der Waals surface area contributed by atoms with Crippen molar-refractivity contribution in [2.45, 2.75) is 37.4 Å². The minimum atomic E-state index is -1.03. The van der Waals surface area contributed by atoms with Crippen LogP contribution >= 0.6 is 0 Å². The Hall–Kier alpha value is -5.63. The molecule has 6 rings (SSSR count). The van der Waals surface area contributed by atoms with Gasteiger partial charge in [-0.2, -0.15) is 0 Å². The van der Waals surface area contributed by atoms with Crippen molar-refractivity contribution in [2.75, 3.05) is 0 Å². The van der Waals surface area contributed by atoms with Gasteiger partial charge >= 0.3 is 17.9 Å². The summed E-state index contributed by atoms with van der Waals surface area (Å²) in [5, 5.41) is 38.4. The second kappa shape index (κ2) is 14.9. The van der Waals surface area contributed by atoms with E-state index in [9.17, 15) is 19.5 Å². The number of hydrogen-bond donors (Lipinski definition) is 10. The molecule has 0 aliphatic rings. The summed E-state index contributed by atoms with van der Waals surface area (Å²) in [5.41, 5.74) is 22.0. The molecule has 6 aromatic rings. The van der Waals surface area contributed by atoms with Crippen LogP contribution in [0.3, 0.4) is 0 Å². The van der Waals surface area contributed by atoms with Gasteiger partial charge in [-0.3, -0.25) is 14.4 Å². The average molecular weight is 629 g/mol. The van der Waals surface area contributed by atoms with Crippen LogP contribution in [-0.4, -0.2) is 71.4 Å². The van der Waals surface area contributed by atoms with Crippen LogP contribution in [0.25, 0.3) is 32.7 Å². The lowest BCUT2D eigenvalue weighted by Crippen LogP contribution is -2.32. The van der Waals surface area contributed by atoms with Crippen LogP contribution in [0.1, 0.15) is 16.7 Å². The molecule has 0 radical (unpaired) electrons. The number of aromatic hydroxyl groups is 1. The van der Waals surface area contributed by atoms with Crippen molar-refractivity contribution in [2.24, 2.45) is 17.2 Å². The van der Waals surface area contributed by atoms with Gasteiger partial charge in [0.15, 0.2) is 0 Å². The minimum absolute atomic E-state index is 0.150. The maximum Gasteiger partial charge on any atom is 0.320 e. The van der Waals surface area contributed by atoms with Crippen molar-refractivity contribution >= 4 is 50.6 Å². The smallest absolute Gasteiger partial charge is 0.320 e. The van der Waals surface area contributed by atoms with Crippen LogP contribution in [0.15, 0.2) is 85.3 Å². The molecule has 0 spiro atoms. The molecule has 240 valence electrons. The fourth-order valence-electron chi connectivity index (χ4n) is 4.91. The normalized spacial score (nSPS) is 12.8. The van der Waals surface area contributed by atoms with Gasteiger partial charge in [-0.25, -0.2) is 0 Å². The highest BCUT2D eigenvalue weighted by molar-refractivity contribution is 5.86. The standard InChI is InChI=1S/C11H12N2O3.2C11H12N2O2/c12-9(11(15)16)3-6-5-13-10-2-1-7(14)4-8(6)10;2*12-9(11(14)15)5-7-6-13-10-4-2-1-3-8(7)10/h1-2,4-5,9,13-14H,3,12H2,(H,15,16);2*1-4,6,9,13H,5,12H2,(H,14,15)/t2*9-;/m00./s1. The average Bonchev–Trinajstić information content (AvgIpc) is 3.75. The fourth-order valence-corrected chi connectivity index (χ4v) is 4.91. The largest absolute Gasteiger partial charge is 0.508 e. The number of benzene rings is 3. The first-order valence-electron chi connectivity index (χ1n) is 14.3. The molecule has 3 atom stereocenters. The lowest BCUT2D eigenvalue weighted by molar-refractivity contribution is -0.139. The Bertz CT molecular complexity index is 1870. The maximum atomic E-state index is 10.6. The highest BCUT2D eigenvalue weighted by Gasteiger charge is 2.16. The molecule has 13 N–H and O–H groups in total. The van der Waals surface area contributed by atoms with Gasteiger partial charge in [0.2, 0.25) is 0 Å². The summed E-state index contributed by atoms with van der Waals surface area (Å²) in [5.74, 6) is -2.83. The third-order valence-electron chi connectivity index (χ3n) is 7.37. The van der Waals surface area contributed by atoms with Crippen LogP contribution in [0.5, 0.6) is 5.75 Å². The van der Waals surface area contributed by atoms with Crippen molar-refractivity contribution < 1.29 is 34.8 Å². The number of fused-ring (bicyclic) bond motifs is 3. The number of aliphatic carboxylic acids is 3. The Morgan fingerprint density at radius 2 is 0.891 bits per heavy atom. The van der Waals surface area contributed by atoms with E-state index >= 15 is 0 Å². The number of carbonyl (C=O) groups is 3. The van der Waals surface area contributed by atoms with E-state index in [-0.39, 0.29) is 12.2 Å². The van der Waals surface area contributed by atoms with Crippen molar-refractivity contribution in [1.29, 1.82) is 0 Å². The Labute approximate surface area is 262 Å². The number of carboxylic acids is 3. The monoisotopic (exact) mass is 628 g/mol. The molecule has 3 aromatic carbocycles. The number of hydrogen-bond acceptors (Lipinski definition) is 7. The van der Waals surface area contributed by atoms with Gasteiger partial charge in [0.05, 0.1) is 0 Å². The van der Waals surface area contributed by atoms with E-state index in [0.29, 0.717) is 12.8 Å². The molecular weight excluding hydrogens is 592 g/mol. The predicted octanol–water partition coefficient (Wildman–Crippen LogP) is 3.07. The van der Waals surface area contributed by atoms with E-state index in [1.54, 1.807) is 24.4 Å². The number of rotatable bonds is 9. The van der Waals surface area contributed by atoms with E-state index in [1.807, 2.05) is 60.9 Å². The SMILES string of the molecule is NC(Cc1c[nH]c2ccccc12)C(=O)O.N[C@@H](Cc1c[nH]c2ccc(O)cc12)C(=O)O.N[C@@H](Cc1c[nH]c2ccccc12)C(=O)O.